The quantitative estimate of drug-likeness (QED) is 0.801. The van der Waals surface area contributed by atoms with E-state index < -0.39 is 0 Å². The molecule has 136 valence electrons. The Bertz CT molecular complexity index is 815. The Balaban J connectivity index is 1.57. The summed E-state index contributed by atoms with van der Waals surface area (Å²) in [6, 6.07) is 12.6. The zero-order chi connectivity index (χ0) is 18.5. The molecule has 6 heteroatoms. The number of hydrogen-bond acceptors (Lipinski definition) is 4. The van der Waals surface area contributed by atoms with Crippen LogP contribution in [0.25, 0.3) is 0 Å². The highest BCUT2D eigenvalue weighted by molar-refractivity contribution is 5.95. The minimum absolute atomic E-state index is 0.119. The molecule has 0 aliphatic heterocycles. The molecule has 0 spiro atoms. The van der Waals surface area contributed by atoms with Gasteiger partial charge in [-0.2, -0.15) is 0 Å². The Hall–Kier alpha value is -3.02. The third-order valence-corrected chi connectivity index (χ3v) is 4.01. The predicted molar refractivity (Wildman–Crippen MR) is 98.8 cm³/mol. The molecule has 0 radical (unpaired) electrons. The van der Waals surface area contributed by atoms with Crippen LogP contribution >= 0.6 is 0 Å². The van der Waals surface area contributed by atoms with Crippen molar-refractivity contribution >= 4 is 17.5 Å². The van der Waals surface area contributed by atoms with Crippen LogP contribution in [-0.4, -0.2) is 31.6 Å². The lowest BCUT2D eigenvalue weighted by Gasteiger charge is -2.12. The molecule has 0 heterocycles. The number of rotatable bonds is 7. The fourth-order valence-corrected chi connectivity index (χ4v) is 2.48. The van der Waals surface area contributed by atoms with Crippen LogP contribution in [0.15, 0.2) is 42.5 Å². The lowest BCUT2D eigenvalue weighted by Crippen LogP contribution is -2.25. The Kier molecular flexibility index (Phi) is 5.41. The first-order valence-electron chi connectivity index (χ1n) is 8.53. The number of aryl methyl sites for hydroxylation is 1. The van der Waals surface area contributed by atoms with E-state index in [0.717, 1.165) is 18.4 Å². The van der Waals surface area contributed by atoms with Gasteiger partial charge in [0.15, 0.2) is 6.61 Å². The number of hydrogen-bond donors (Lipinski definition) is 2. The molecule has 0 unspecified atom stereocenters. The molecule has 1 aliphatic rings. The first kappa shape index (κ1) is 17.8. The Morgan fingerprint density at radius 1 is 1.15 bits per heavy atom. The third-order valence-electron chi connectivity index (χ3n) is 4.01. The molecule has 0 saturated heterocycles. The topological polar surface area (TPSA) is 76.7 Å². The number of benzene rings is 2. The summed E-state index contributed by atoms with van der Waals surface area (Å²) < 4.78 is 10.8. The molecule has 0 atom stereocenters. The van der Waals surface area contributed by atoms with Crippen LogP contribution in [0.1, 0.15) is 28.8 Å². The lowest BCUT2D eigenvalue weighted by atomic mass is 10.2. The van der Waals surface area contributed by atoms with Crippen LogP contribution in [0.4, 0.5) is 5.69 Å². The highest BCUT2D eigenvalue weighted by atomic mass is 16.5. The smallest absolute Gasteiger partial charge is 0.262 e. The number of methoxy groups -OCH3 is 1. The summed E-state index contributed by atoms with van der Waals surface area (Å²) in [7, 11) is 1.55. The van der Waals surface area contributed by atoms with Gasteiger partial charge in [0.25, 0.3) is 11.8 Å². The van der Waals surface area contributed by atoms with Gasteiger partial charge in [0.2, 0.25) is 0 Å². The molecular weight excluding hydrogens is 332 g/mol. The molecule has 2 aromatic carbocycles. The summed E-state index contributed by atoms with van der Waals surface area (Å²) in [4.78, 5) is 24.2. The van der Waals surface area contributed by atoms with E-state index >= 15 is 0 Å². The van der Waals surface area contributed by atoms with Crippen LogP contribution in [0, 0.1) is 6.92 Å². The van der Waals surface area contributed by atoms with E-state index in [1.807, 2.05) is 19.1 Å². The van der Waals surface area contributed by atoms with Gasteiger partial charge in [0, 0.05) is 11.6 Å². The van der Waals surface area contributed by atoms with Crippen LogP contribution in [0.5, 0.6) is 11.5 Å². The van der Waals surface area contributed by atoms with Crippen molar-refractivity contribution in [1.82, 2.24) is 5.32 Å². The highest BCUT2D eigenvalue weighted by Gasteiger charge is 2.23. The van der Waals surface area contributed by atoms with E-state index in [2.05, 4.69) is 10.6 Å². The molecule has 0 bridgehead atoms. The number of ether oxygens (including phenoxy) is 2. The van der Waals surface area contributed by atoms with Crippen molar-refractivity contribution in [2.75, 3.05) is 19.0 Å². The van der Waals surface area contributed by atoms with Crippen molar-refractivity contribution in [2.24, 2.45) is 0 Å². The Morgan fingerprint density at radius 2 is 1.96 bits per heavy atom. The Labute approximate surface area is 152 Å². The van der Waals surface area contributed by atoms with E-state index in [1.54, 1.807) is 37.4 Å². The maximum atomic E-state index is 12.2. The molecule has 2 aromatic rings. The van der Waals surface area contributed by atoms with Gasteiger partial charge in [0.05, 0.1) is 12.8 Å². The zero-order valence-corrected chi connectivity index (χ0v) is 14.9. The van der Waals surface area contributed by atoms with Crippen molar-refractivity contribution in [3.8, 4) is 11.5 Å². The molecule has 26 heavy (non-hydrogen) atoms. The Morgan fingerprint density at radius 3 is 2.69 bits per heavy atom. The van der Waals surface area contributed by atoms with Crippen LogP contribution < -0.4 is 20.1 Å². The van der Waals surface area contributed by atoms with E-state index in [4.69, 9.17) is 9.47 Å². The molecule has 1 aliphatic carbocycles. The van der Waals surface area contributed by atoms with E-state index in [1.165, 1.54) is 0 Å². The summed E-state index contributed by atoms with van der Waals surface area (Å²) in [6.07, 6.45) is 2.06. The number of carbonyl (C=O) groups excluding carboxylic acids is 2. The summed E-state index contributed by atoms with van der Waals surface area (Å²) in [5.74, 6) is 0.635. The highest BCUT2D eigenvalue weighted by Crippen LogP contribution is 2.25. The SMILES string of the molecule is COc1ccc(C)cc1NC(=O)COc1cccc(C(=O)NC2CC2)c1. The van der Waals surface area contributed by atoms with E-state index in [0.29, 0.717) is 28.8 Å². The number of anilines is 1. The maximum Gasteiger partial charge on any atom is 0.262 e. The van der Waals surface area contributed by atoms with Gasteiger partial charge in [-0.15, -0.1) is 0 Å². The van der Waals surface area contributed by atoms with Crippen molar-refractivity contribution in [3.63, 3.8) is 0 Å². The van der Waals surface area contributed by atoms with Crippen molar-refractivity contribution in [1.29, 1.82) is 0 Å². The van der Waals surface area contributed by atoms with Gasteiger partial charge < -0.3 is 20.1 Å². The average Bonchev–Trinajstić information content (AvgIpc) is 3.44. The third kappa shape index (κ3) is 4.75. The largest absolute Gasteiger partial charge is 0.495 e. The van der Waals surface area contributed by atoms with Gasteiger partial charge in [0.1, 0.15) is 11.5 Å². The fourth-order valence-electron chi connectivity index (χ4n) is 2.48. The monoisotopic (exact) mass is 354 g/mol. The molecule has 3 rings (SSSR count). The standard InChI is InChI=1S/C20H22N2O4/c1-13-6-9-18(25-2)17(10-13)22-19(23)12-26-16-5-3-4-14(11-16)20(24)21-15-7-8-15/h3-6,9-11,15H,7-8,12H2,1-2H3,(H,21,24)(H,22,23). The summed E-state index contributed by atoms with van der Waals surface area (Å²) in [5.41, 5.74) is 2.13. The summed E-state index contributed by atoms with van der Waals surface area (Å²) in [6.45, 7) is 1.77. The van der Waals surface area contributed by atoms with Crippen molar-refractivity contribution in [2.45, 2.75) is 25.8 Å². The number of nitrogens with one attached hydrogen (secondary N) is 2. The maximum absolute atomic E-state index is 12.2. The zero-order valence-electron chi connectivity index (χ0n) is 14.9. The molecule has 6 nitrogen and oxygen atoms in total. The second-order valence-corrected chi connectivity index (χ2v) is 6.32. The van der Waals surface area contributed by atoms with Crippen molar-refractivity contribution in [3.05, 3.63) is 53.6 Å². The van der Waals surface area contributed by atoms with E-state index in [-0.39, 0.29) is 18.4 Å². The minimum Gasteiger partial charge on any atom is -0.495 e. The second kappa shape index (κ2) is 7.91. The summed E-state index contributed by atoms with van der Waals surface area (Å²) in [5, 5.41) is 5.70. The number of amides is 2. The second-order valence-electron chi connectivity index (χ2n) is 6.32. The predicted octanol–water partition coefficient (Wildman–Crippen LogP) is 2.91. The first-order valence-corrected chi connectivity index (χ1v) is 8.53. The molecule has 0 aromatic heterocycles. The van der Waals surface area contributed by atoms with Gasteiger partial charge in [-0.05, 0) is 55.7 Å². The fraction of sp³-hybridized carbons (Fsp3) is 0.300. The molecule has 2 amide bonds. The minimum atomic E-state index is -0.304. The normalized spacial score (nSPS) is 13.0. The summed E-state index contributed by atoms with van der Waals surface area (Å²) >= 11 is 0. The van der Waals surface area contributed by atoms with Gasteiger partial charge >= 0.3 is 0 Å². The molecular formula is C20H22N2O4. The van der Waals surface area contributed by atoms with Gasteiger partial charge in [-0.3, -0.25) is 9.59 Å². The van der Waals surface area contributed by atoms with Crippen LogP contribution in [0.2, 0.25) is 0 Å². The van der Waals surface area contributed by atoms with Crippen LogP contribution in [-0.2, 0) is 4.79 Å². The lowest BCUT2D eigenvalue weighted by molar-refractivity contribution is -0.118. The van der Waals surface area contributed by atoms with Crippen LogP contribution in [0.3, 0.4) is 0 Å². The molecule has 1 saturated carbocycles. The van der Waals surface area contributed by atoms with Gasteiger partial charge in [-0.25, -0.2) is 0 Å². The molecule has 1 fully saturated rings. The first-order chi connectivity index (χ1) is 12.5. The van der Waals surface area contributed by atoms with Gasteiger partial charge in [-0.1, -0.05) is 12.1 Å². The van der Waals surface area contributed by atoms with E-state index in [9.17, 15) is 9.59 Å². The molecule has 2 N–H and O–H groups in total. The van der Waals surface area contributed by atoms with Crippen molar-refractivity contribution < 1.29 is 19.1 Å². The average molecular weight is 354 g/mol. The number of carbonyl (C=O) groups is 2.